The molecule has 0 aliphatic rings. The van der Waals surface area contributed by atoms with Crippen LogP contribution in [0.1, 0.15) is 24.2 Å². The van der Waals surface area contributed by atoms with Crippen LogP contribution in [0.4, 0.5) is 5.69 Å². The van der Waals surface area contributed by atoms with E-state index in [2.05, 4.69) is 40.0 Å². The molecule has 3 N–H and O–H groups in total. The average Bonchev–Trinajstić information content (AvgIpc) is 2.29. The van der Waals surface area contributed by atoms with E-state index >= 15 is 0 Å². The van der Waals surface area contributed by atoms with Crippen molar-refractivity contribution < 1.29 is 4.79 Å². The number of halogens is 1. The molecule has 0 unspecified atom stereocenters. The molecule has 1 amide bonds. The third kappa shape index (κ3) is 3.71. The van der Waals surface area contributed by atoms with E-state index in [-0.39, 0.29) is 11.4 Å². The van der Waals surface area contributed by atoms with Gasteiger partial charge in [-0.2, -0.15) is 0 Å². The minimum absolute atomic E-state index is 0.0948. The number of carbonyl (C=O) groups is 1. The summed E-state index contributed by atoms with van der Waals surface area (Å²) in [5.74, 6) is -0.121. The minimum Gasteiger partial charge on any atom is -0.399 e. The van der Waals surface area contributed by atoms with E-state index in [1.165, 1.54) is 0 Å². The second-order valence-electron chi connectivity index (χ2n) is 5.13. The standard InChI is InChI=1S/C13H20BrN3O/c1-13(2,17(3)4)8-16-12(18)10-7-9(15)5-6-11(10)14/h5-7H,8,15H2,1-4H3,(H,16,18). The number of carbonyl (C=O) groups excluding carboxylic acids is 1. The van der Waals surface area contributed by atoms with Crippen molar-refractivity contribution in [3.63, 3.8) is 0 Å². The quantitative estimate of drug-likeness (QED) is 0.837. The Bertz CT molecular complexity index is 444. The van der Waals surface area contributed by atoms with Gasteiger partial charge in [-0.1, -0.05) is 0 Å². The van der Waals surface area contributed by atoms with Crippen molar-refractivity contribution in [3.8, 4) is 0 Å². The average molecular weight is 314 g/mol. The van der Waals surface area contributed by atoms with Gasteiger partial charge in [0.25, 0.3) is 5.91 Å². The molecular weight excluding hydrogens is 294 g/mol. The number of nitrogens with zero attached hydrogens (tertiary/aromatic N) is 1. The topological polar surface area (TPSA) is 58.4 Å². The van der Waals surface area contributed by atoms with E-state index in [1.54, 1.807) is 18.2 Å². The summed E-state index contributed by atoms with van der Waals surface area (Å²) in [7, 11) is 3.98. The molecule has 0 aromatic heterocycles. The van der Waals surface area contributed by atoms with Crippen LogP contribution in [0.5, 0.6) is 0 Å². The summed E-state index contributed by atoms with van der Waals surface area (Å²) in [6.45, 7) is 4.71. The van der Waals surface area contributed by atoms with Gasteiger partial charge < -0.3 is 16.0 Å². The lowest BCUT2D eigenvalue weighted by Gasteiger charge is -2.32. The lowest BCUT2D eigenvalue weighted by atomic mass is 10.0. The number of nitrogens with one attached hydrogen (secondary N) is 1. The summed E-state index contributed by atoms with van der Waals surface area (Å²) in [4.78, 5) is 14.1. The highest BCUT2D eigenvalue weighted by atomic mass is 79.9. The molecule has 1 rings (SSSR count). The lowest BCUT2D eigenvalue weighted by Crippen LogP contribution is -2.48. The van der Waals surface area contributed by atoms with Crippen LogP contribution >= 0.6 is 15.9 Å². The second kappa shape index (κ2) is 5.71. The summed E-state index contributed by atoms with van der Waals surface area (Å²) in [5, 5.41) is 2.92. The third-order valence-electron chi connectivity index (χ3n) is 3.13. The maximum Gasteiger partial charge on any atom is 0.252 e. The molecule has 0 bridgehead atoms. The van der Waals surface area contributed by atoms with Gasteiger partial charge in [0.15, 0.2) is 0 Å². The van der Waals surface area contributed by atoms with Gasteiger partial charge in [0.2, 0.25) is 0 Å². The highest BCUT2D eigenvalue weighted by Gasteiger charge is 2.21. The molecule has 18 heavy (non-hydrogen) atoms. The Labute approximate surface area is 117 Å². The van der Waals surface area contributed by atoms with Gasteiger partial charge in [0.05, 0.1) is 5.56 Å². The SMILES string of the molecule is CN(C)C(C)(C)CNC(=O)c1cc(N)ccc1Br. The molecule has 5 heteroatoms. The van der Waals surface area contributed by atoms with Crippen LogP contribution in [-0.2, 0) is 0 Å². The molecule has 4 nitrogen and oxygen atoms in total. The number of amides is 1. The first-order valence-electron chi connectivity index (χ1n) is 5.74. The smallest absolute Gasteiger partial charge is 0.252 e. The predicted molar refractivity (Wildman–Crippen MR) is 78.7 cm³/mol. The van der Waals surface area contributed by atoms with E-state index in [1.807, 2.05) is 14.1 Å². The second-order valence-corrected chi connectivity index (χ2v) is 5.98. The van der Waals surface area contributed by atoms with Crippen molar-refractivity contribution in [2.45, 2.75) is 19.4 Å². The fraction of sp³-hybridized carbons (Fsp3) is 0.462. The number of anilines is 1. The molecule has 0 spiro atoms. The van der Waals surface area contributed by atoms with Crippen molar-refractivity contribution >= 4 is 27.5 Å². The van der Waals surface area contributed by atoms with Crippen LogP contribution in [-0.4, -0.2) is 37.0 Å². The van der Waals surface area contributed by atoms with Gasteiger partial charge in [-0.15, -0.1) is 0 Å². The van der Waals surface area contributed by atoms with Crippen molar-refractivity contribution in [1.29, 1.82) is 0 Å². The molecule has 0 aliphatic carbocycles. The normalized spacial score (nSPS) is 11.7. The zero-order valence-corrected chi connectivity index (χ0v) is 12.8. The first-order valence-corrected chi connectivity index (χ1v) is 6.54. The molecule has 0 saturated carbocycles. The Balaban J connectivity index is 2.75. The van der Waals surface area contributed by atoms with Gasteiger partial charge in [0, 0.05) is 22.2 Å². The fourth-order valence-corrected chi connectivity index (χ4v) is 1.69. The Hall–Kier alpha value is -1.07. The molecule has 0 heterocycles. The number of nitrogens with two attached hydrogens (primary N) is 1. The summed E-state index contributed by atoms with van der Waals surface area (Å²) < 4.78 is 0.747. The zero-order chi connectivity index (χ0) is 13.9. The first-order chi connectivity index (χ1) is 8.24. The van der Waals surface area contributed by atoms with E-state index in [0.717, 1.165) is 4.47 Å². The molecule has 0 radical (unpaired) electrons. The van der Waals surface area contributed by atoms with Crippen LogP contribution < -0.4 is 11.1 Å². The van der Waals surface area contributed by atoms with Gasteiger partial charge >= 0.3 is 0 Å². The number of likely N-dealkylation sites (N-methyl/N-ethyl adjacent to an activating group) is 1. The summed E-state index contributed by atoms with van der Waals surface area (Å²) >= 11 is 3.35. The van der Waals surface area contributed by atoms with Crippen LogP contribution in [0.3, 0.4) is 0 Å². The number of rotatable bonds is 4. The Morgan fingerprint density at radius 2 is 2.06 bits per heavy atom. The van der Waals surface area contributed by atoms with Crippen LogP contribution in [0, 0.1) is 0 Å². The molecule has 0 saturated heterocycles. The van der Waals surface area contributed by atoms with E-state index in [9.17, 15) is 4.79 Å². The largest absolute Gasteiger partial charge is 0.399 e. The molecular formula is C13H20BrN3O. The van der Waals surface area contributed by atoms with E-state index in [0.29, 0.717) is 17.8 Å². The van der Waals surface area contributed by atoms with Crippen molar-refractivity contribution in [2.75, 3.05) is 26.4 Å². The van der Waals surface area contributed by atoms with Gasteiger partial charge in [-0.3, -0.25) is 4.79 Å². The predicted octanol–water partition coefficient (Wildman–Crippen LogP) is 2.10. The molecule has 1 aromatic rings. The van der Waals surface area contributed by atoms with E-state index < -0.39 is 0 Å². The van der Waals surface area contributed by atoms with Crippen LogP contribution in [0.2, 0.25) is 0 Å². The Morgan fingerprint density at radius 1 is 1.44 bits per heavy atom. The summed E-state index contributed by atoms with van der Waals surface area (Å²) in [5.41, 5.74) is 6.73. The molecule has 0 atom stereocenters. The summed E-state index contributed by atoms with van der Waals surface area (Å²) in [6.07, 6.45) is 0. The highest BCUT2D eigenvalue weighted by molar-refractivity contribution is 9.10. The van der Waals surface area contributed by atoms with Crippen molar-refractivity contribution in [1.82, 2.24) is 10.2 Å². The maximum atomic E-state index is 12.1. The molecule has 0 aliphatic heterocycles. The van der Waals surface area contributed by atoms with Crippen LogP contribution in [0.25, 0.3) is 0 Å². The van der Waals surface area contributed by atoms with Gasteiger partial charge in [-0.25, -0.2) is 0 Å². The molecule has 0 fully saturated rings. The number of nitrogen functional groups attached to an aromatic ring is 1. The number of hydrogen-bond acceptors (Lipinski definition) is 3. The fourth-order valence-electron chi connectivity index (χ4n) is 1.27. The summed E-state index contributed by atoms with van der Waals surface area (Å²) in [6, 6.07) is 5.20. The zero-order valence-electron chi connectivity index (χ0n) is 11.2. The number of hydrogen-bond donors (Lipinski definition) is 2. The van der Waals surface area contributed by atoms with Gasteiger partial charge in [-0.05, 0) is 62.1 Å². The van der Waals surface area contributed by atoms with E-state index in [4.69, 9.17) is 5.73 Å². The first kappa shape index (κ1) is 15.0. The third-order valence-corrected chi connectivity index (χ3v) is 3.82. The lowest BCUT2D eigenvalue weighted by molar-refractivity contribution is 0.0919. The van der Waals surface area contributed by atoms with Crippen molar-refractivity contribution in [2.24, 2.45) is 0 Å². The minimum atomic E-state index is -0.121. The molecule has 1 aromatic carbocycles. The van der Waals surface area contributed by atoms with Gasteiger partial charge in [0.1, 0.15) is 0 Å². The monoisotopic (exact) mass is 313 g/mol. The molecule has 100 valence electrons. The Kier molecular flexibility index (Phi) is 4.76. The van der Waals surface area contributed by atoms with Crippen LogP contribution in [0.15, 0.2) is 22.7 Å². The Morgan fingerprint density at radius 3 is 2.61 bits per heavy atom. The van der Waals surface area contributed by atoms with Crippen molar-refractivity contribution in [3.05, 3.63) is 28.2 Å². The highest BCUT2D eigenvalue weighted by Crippen LogP contribution is 2.19. The number of benzene rings is 1. The maximum absolute atomic E-state index is 12.1.